The Bertz CT molecular complexity index is 707. The van der Waals surface area contributed by atoms with E-state index in [0.717, 1.165) is 19.6 Å². The van der Waals surface area contributed by atoms with Gasteiger partial charge in [0.25, 0.3) is 0 Å². The van der Waals surface area contributed by atoms with Crippen molar-refractivity contribution in [3.63, 3.8) is 0 Å². The Morgan fingerprint density at radius 2 is 2.12 bits per heavy atom. The van der Waals surface area contributed by atoms with Crippen LogP contribution in [-0.2, 0) is 11.3 Å². The highest BCUT2D eigenvalue weighted by molar-refractivity contribution is 5.31. The van der Waals surface area contributed by atoms with Crippen molar-refractivity contribution in [1.29, 1.82) is 0 Å². The fraction of sp³-hybridized carbons (Fsp3) is 0.476. The molecule has 1 saturated carbocycles. The van der Waals surface area contributed by atoms with Gasteiger partial charge in [0, 0.05) is 31.3 Å². The van der Waals surface area contributed by atoms with E-state index in [1.165, 1.54) is 29.5 Å². The number of nitrogens with zero attached hydrogens (tertiary/aromatic N) is 1. The van der Waals surface area contributed by atoms with Crippen molar-refractivity contribution in [1.82, 2.24) is 10.3 Å². The average molecular weight is 338 g/mol. The normalized spacial score (nSPS) is 25.6. The van der Waals surface area contributed by atoms with Gasteiger partial charge in [0.05, 0.1) is 13.2 Å². The minimum absolute atomic E-state index is 0.150. The summed E-state index contributed by atoms with van der Waals surface area (Å²) in [5.41, 5.74) is 4.15. The van der Waals surface area contributed by atoms with Gasteiger partial charge >= 0.3 is 0 Å². The SMILES string of the molecule is Cc1ccccc1C1CC(NCc2ccnc(O[C@@H]3CCOC3)c2)C1. The van der Waals surface area contributed by atoms with Crippen molar-refractivity contribution >= 4 is 0 Å². The number of hydrogen-bond donors (Lipinski definition) is 1. The second kappa shape index (κ2) is 7.54. The zero-order valence-electron chi connectivity index (χ0n) is 14.8. The summed E-state index contributed by atoms with van der Waals surface area (Å²) >= 11 is 0. The van der Waals surface area contributed by atoms with Gasteiger partial charge in [-0.15, -0.1) is 0 Å². The number of aryl methyl sites for hydroxylation is 1. The summed E-state index contributed by atoms with van der Waals surface area (Å²) in [6, 6.07) is 13.5. The summed E-state index contributed by atoms with van der Waals surface area (Å²) in [4.78, 5) is 4.32. The minimum Gasteiger partial charge on any atom is -0.472 e. The molecule has 4 heteroatoms. The van der Waals surface area contributed by atoms with Crippen LogP contribution in [0.15, 0.2) is 42.6 Å². The van der Waals surface area contributed by atoms with E-state index in [4.69, 9.17) is 9.47 Å². The fourth-order valence-corrected chi connectivity index (χ4v) is 3.75. The molecule has 1 aliphatic heterocycles. The van der Waals surface area contributed by atoms with E-state index in [2.05, 4.69) is 47.6 Å². The summed E-state index contributed by atoms with van der Waals surface area (Å²) in [6.07, 6.45) is 5.38. The van der Waals surface area contributed by atoms with Crippen LogP contribution >= 0.6 is 0 Å². The summed E-state index contributed by atoms with van der Waals surface area (Å²) in [5, 5.41) is 3.67. The first-order valence-electron chi connectivity index (χ1n) is 9.26. The lowest BCUT2D eigenvalue weighted by Crippen LogP contribution is -2.39. The smallest absolute Gasteiger partial charge is 0.213 e. The quantitative estimate of drug-likeness (QED) is 0.874. The molecule has 4 nitrogen and oxygen atoms in total. The monoisotopic (exact) mass is 338 g/mol. The molecule has 0 bridgehead atoms. The van der Waals surface area contributed by atoms with Crippen molar-refractivity contribution in [3.05, 3.63) is 59.3 Å². The summed E-state index contributed by atoms with van der Waals surface area (Å²) < 4.78 is 11.2. The molecule has 0 unspecified atom stereocenters. The molecule has 1 aliphatic carbocycles. The average Bonchev–Trinajstić information content (AvgIpc) is 3.08. The molecule has 2 heterocycles. The van der Waals surface area contributed by atoms with E-state index in [1.54, 1.807) is 0 Å². The van der Waals surface area contributed by atoms with E-state index >= 15 is 0 Å². The Balaban J connectivity index is 1.26. The van der Waals surface area contributed by atoms with Gasteiger partial charge in [0.15, 0.2) is 0 Å². The van der Waals surface area contributed by atoms with Gasteiger partial charge in [-0.2, -0.15) is 0 Å². The van der Waals surface area contributed by atoms with Gasteiger partial charge in [-0.05, 0) is 48.4 Å². The van der Waals surface area contributed by atoms with Crippen molar-refractivity contribution in [2.75, 3.05) is 13.2 Å². The van der Waals surface area contributed by atoms with E-state index in [-0.39, 0.29) is 6.10 Å². The lowest BCUT2D eigenvalue weighted by Gasteiger charge is -2.37. The Morgan fingerprint density at radius 3 is 2.92 bits per heavy atom. The zero-order chi connectivity index (χ0) is 17.1. The maximum Gasteiger partial charge on any atom is 0.213 e. The standard InChI is InChI=1S/C21H26N2O2/c1-15-4-2-3-5-20(15)17-11-18(12-17)23-13-16-6-8-22-21(10-16)25-19-7-9-24-14-19/h2-6,8,10,17-19,23H,7,9,11-14H2,1H3/t17?,18?,19-/m1/s1. The Kier molecular flexibility index (Phi) is 4.99. The van der Waals surface area contributed by atoms with Crippen LogP contribution in [0.4, 0.5) is 0 Å². The first-order valence-corrected chi connectivity index (χ1v) is 9.26. The number of nitrogens with one attached hydrogen (secondary N) is 1. The molecule has 2 aromatic rings. The molecule has 0 radical (unpaired) electrons. The topological polar surface area (TPSA) is 43.4 Å². The molecule has 1 N–H and O–H groups in total. The number of pyridine rings is 1. The molecule has 2 fully saturated rings. The predicted molar refractivity (Wildman–Crippen MR) is 97.9 cm³/mol. The molecule has 1 atom stereocenters. The Morgan fingerprint density at radius 1 is 1.24 bits per heavy atom. The molecule has 25 heavy (non-hydrogen) atoms. The molecule has 4 rings (SSSR count). The first kappa shape index (κ1) is 16.6. The Labute approximate surface area is 149 Å². The summed E-state index contributed by atoms with van der Waals surface area (Å²) in [6.45, 7) is 4.54. The lowest BCUT2D eigenvalue weighted by atomic mass is 9.74. The first-order chi connectivity index (χ1) is 12.3. The molecule has 1 saturated heterocycles. The van der Waals surface area contributed by atoms with Crippen LogP contribution in [0.5, 0.6) is 5.88 Å². The van der Waals surface area contributed by atoms with Crippen LogP contribution < -0.4 is 10.1 Å². The predicted octanol–water partition coefficient (Wildman–Crippen LogP) is 3.59. The highest BCUT2D eigenvalue weighted by Gasteiger charge is 2.30. The van der Waals surface area contributed by atoms with Crippen LogP contribution in [0.2, 0.25) is 0 Å². The zero-order valence-corrected chi connectivity index (χ0v) is 14.8. The summed E-state index contributed by atoms with van der Waals surface area (Å²) in [7, 11) is 0. The minimum atomic E-state index is 0.150. The number of benzene rings is 1. The van der Waals surface area contributed by atoms with Crippen molar-refractivity contribution in [2.45, 2.75) is 50.8 Å². The van der Waals surface area contributed by atoms with E-state index in [0.29, 0.717) is 24.4 Å². The molecule has 1 aromatic heterocycles. The van der Waals surface area contributed by atoms with Crippen molar-refractivity contribution in [3.8, 4) is 5.88 Å². The van der Waals surface area contributed by atoms with Gasteiger partial charge in [0.2, 0.25) is 5.88 Å². The summed E-state index contributed by atoms with van der Waals surface area (Å²) in [5.74, 6) is 1.42. The molecule has 0 amide bonds. The van der Waals surface area contributed by atoms with Gasteiger partial charge < -0.3 is 14.8 Å². The van der Waals surface area contributed by atoms with Gasteiger partial charge in [-0.1, -0.05) is 24.3 Å². The number of rotatable bonds is 6. The Hall–Kier alpha value is -1.91. The molecular formula is C21H26N2O2. The highest BCUT2D eigenvalue weighted by Crippen LogP contribution is 2.38. The fourth-order valence-electron chi connectivity index (χ4n) is 3.75. The largest absolute Gasteiger partial charge is 0.472 e. The lowest BCUT2D eigenvalue weighted by molar-refractivity contribution is 0.138. The molecule has 2 aliphatic rings. The van der Waals surface area contributed by atoms with Gasteiger partial charge in [-0.25, -0.2) is 4.98 Å². The van der Waals surface area contributed by atoms with Gasteiger partial charge in [-0.3, -0.25) is 0 Å². The molecular weight excluding hydrogens is 312 g/mol. The van der Waals surface area contributed by atoms with E-state index in [1.807, 2.05) is 12.3 Å². The molecule has 0 spiro atoms. The third kappa shape index (κ3) is 4.02. The van der Waals surface area contributed by atoms with Crippen molar-refractivity contribution < 1.29 is 9.47 Å². The van der Waals surface area contributed by atoms with Crippen LogP contribution in [0.1, 0.15) is 41.9 Å². The second-order valence-electron chi connectivity index (χ2n) is 7.21. The van der Waals surface area contributed by atoms with Crippen LogP contribution in [0.3, 0.4) is 0 Å². The van der Waals surface area contributed by atoms with Crippen LogP contribution in [-0.4, -0.2) is 30.3 Å². The van der Waals surface area contributed by atoms with Gasteiger partial charge in [0.1, 0.15) is 6.10 Å². The third-order valence-electron chi connectivity index (χ3n) is 5.34. The number of ether oxygens (including phenoxy) is 2. The maximum atomic E-state index is 5.89. The number of aromatic nitrogens is 1. The van der Waals surface area contributed by atoms with Crippen LogP contribution in [0, 0.1) is 6.92 Å². The maximum absolute atomic E-state index is 5.89. The van der Waals surface area contributed by atoms with Crippen molar-refractivity contribution in [2.24, 2.45) is 0 Å². The van der Waals surface area contributed by atoms with Crippen LogP contribution in [0.25, 0.3) is 0 Å². The second-order valence-corrected chi connectivity index (χ2v) is 7.21. The highest BCUT2D eigenvalue weighted by atomic mass is 16.5. The molecule has 132 valence electrons. The molecule has 1 aromatic carbocycles. The van der Waals surface area contributed by atoms with E-state index < -0.39 is 0 Å². The third-order valence-corrected chi connectivity index (χ3v) is 5.34. The number of hydrogen-bond acceptors (Lipinski definition) is 4. The van der Waals surface area contributed by atoms with E-state index in [9.17, 15) is 0 Å².